The summed E-state index contributed by atoms with van der Waals surface area (Å²) < 4.78 is 6.61. The fourth-order valence-electron chi connectivity index (χ4n) is 3.12. The fraction of sp³-hybridized carbons (Fsp3) is 0.562. The molecule has 2 heterocycles. The highest BCUT2D eigenvalue weighted by Crippen LogP contribution is 2.25. The van der Waals surface area contributed by atoms with Crippen LogP contribution >= 0.6 is 15.9 Å². The van der Waals surface area contributed by atoms with E-state index >= 15 is 0 Å². The van der Waals surface area contributed by atoms with Gasteiger partial charge in [-0.1, -0.05) is 15.9 Å². The van der Waals surface area contributed by atoms with Gasteiger partial charge in [0.05, 0.1) is 0 Å². The number of piperazine rings is 1. The van der Waals surface area contributed by atoms with Crippen molar-refractivity contribution in [2.24, 2.45) is 0 Å². The minimum atomic E-state index is -0.189. The third kappa shape index (κ3) is 3.24. The maximum Gasteiger partial charge on any atom is 0.251 e. The van der Waals surface area contributed by atoms with Crippen LogP contribution in [0.15, 0.2) is 22.7 Å². The van der Waals surface area contributed by atoms with E-state index in [0.29, 0.717) is 0 Å². The van der Waals surface area contributed by atoms with Gasteiger partial charge in [0.15, 0.2) is 0 Å². The first kappa shape index (κ1) is 14.9. The first-order valence-corrected chi connectivity index (χ1v) is 8.36. The van der Waals surface area contributed by atoms with E-state index in [4.69, 9.17) is 4.74 Å². The molecule has 0 spiro atoms. The van der Waals surface area contributed by atoms with E-state index in [1.54, 1.807) is 0 Å². The lowest BCUT2D eigenvalue weighted by molar-refractivity contribution is -0.141. The summed E-state index contributed by atoms with van der Waals surface area (Å²) in [7, 11) is 0. The van der Waals surface area contributed by atoms with Crippen molar-refractivity contribution >= 4 is 27.5 Å². The van der Waals surface area contributed by atoms with Crippen LogP contribution in [-0.4, -0.2) is 49.7 Å². The van der Waals surface area contributed by atoms with Crippen molar-refractivity contribution in [3.63, 3.8) is 0 Å². The predicted molar refractivity (Wildman–Crippen MR) is 86.6 cm³/mol. The van der Waals surface area contributed by atoms with Gasteiger partial charge in [-0.3, -0.25) is 4.79 Å². The molecule has 2 aliphatic heterocycles. The second-order valence-electron chi connectivity index (χ2n) is 5.74. The number of anilines is 1. The fourth-order valence-corrected chi connectivity index (χ4v) is 3.59. The molecular weight excluding hydrogens is 332 g/mol. The molecule has 1 aromatic rings. The number of carbonyl (C=O) groups is 1. The van der Waals surface area contributed by atoms with Crippen molar-refractivity contribution in [1.29, 1.82) is 0 Å². The predicted octanol–water partition coefficient (Wildman–Crippen LogP) is 2.59. The Morgan fingerprint density at radius 3 is 2.67 bits per heavy atom. The highest BCUT2D eigenvalue weighted by atomic mass is 79.9. The molecule has 0 N–H and O–H groups in total. The molecular formula is C16H21BrN2O2. The van der Waals surface area contributed by atoms with Crippen molar-refractivity contribution in [3.05, 3.63) is 28.2 Å². The molecule has 21 heavy (non-hydrogen) atoms. The number of halogens is 1. The second kappa shape index (κ2) is 6.36. The van der Waals surface area contributed by atoms with Crippen molar-refractivity contribution < 1.29 is 9.53 Å². The SMILES string of the molecule is Cc1cc(Br)ccc1N1CCN(C(=O)C2CCCO2)CC1. The minimum absolute atomic E-state index is 0.180. The highest BCUT2D eigenvalue weighted by molar-refractivity contribution is 9.10. The Hall–Kier alpha value is -1.07. The second-order valence-corrected chi connectivity index (χ2v) is 6.66. The summed E-state index contributed by atoms with van der Waals surface area (Å²) in [6.45, 7) is 6.21. The van der Waals surface area contributed by atoms with Crippen LogP contribution in [-0.2, 0) is 9.53 Å². The first-order chi connectivity index (χ1) is 10.1. The molecule has 5 heteroatoms. The molecule has 0 bridgehead atoms. The topological polar surface area (TPSA) is 32.8 Å². The normalized spacial score (nSPS) is 22.7. The maximum absolute atomic E-state index is 12.3. The standard InChI is InChI=1S/C16H21BrN2O2/c1-12-11-13(17)4-5-14(12)18-6-8-19(9-7-18)16(20)15-3-2-10-21-15/h4-5,11,15H,2-3,6-10H2,1H3. The molecule has 2 aliphatic rings. The number of aryl methyl sites for hydroxylation is 1. The summed E-state index contributed by atoms with van der Waals surface area (Å²) >= 11 is 3.50. The van der Waals surface area contributed by atoms with Crippen LogP contribution in [0, 0.1) is 6.92 Å². The Morgan fingerprint density at radius 2 is 2.05 bits per heavy atom. The smallest absolute Gasteiger partial charge is 0.251 e. The molecule has 3 rings (SSSR count). The van der Waals surface area contributed by atoms with Crippen LogP contribution in [0.2, 0.25) is 0 Å². The number of benzene rings is 1. The van der Waals surface area contributed by atoms with E-state index < -0.39 is 0 Å². The molecule has 114 valence electrons. The minimum Gasteiger partial charge on any atom is -0.368 e. The Labute approximate surface area is 134 Å². The molecule has 1 unspecified atom stereocenters. The summed E-state index contributed by atoms with van der Waals surface area (Å²) in [6, 6.07) is 6.36. The third-order valence-electron chi connectivity index (χ3n) is 4.30. The van der Waals surface area contributed by atoms with Crippen LogP contribution in [0.4, 0.5) is 5.69 Å². The van der Waals surface area contributed by atoms with E-state index in [0.717, 1.165) is 50.1 Å². The summed E-state index contributed by atoms with van der Waals surface area (Å²) in [5.41, 5.74) is 2.53. The lowest BCUT2D eigenvalue weighted by Gasteiger charge is -2.37. The van der Waals surface area contributed by atoms with Gasteiger partial charge in [-0.15, -0.1) is 0 Å². The van der Waals surface area contributed by atoms with Gasteiger partial charge in [-0.05, 0) is 43.5 Å². The Morgan fingerprint density at radius 1 is 1.29 bits per heavy atom. The molecule has 0 aliphatic carbocycles. The molecule has 2 saturated heterocycles. The zero-order valence-corrected chi connectivity index (χ0v) is 13.9. The zero-order valence-electron chi connectivity index (χ0n) is 12.3. The molecule has 4 nitrogen and oxygen atoms in total. The van der Waals surface area contributed by atoms with Crippen LogP contribution < -0.4 is 4.90 Å². The number of amides is 1. The maximum atomic E-state index is 12.3. The molecule has 1 atom stereocenters. The number of hydrogen-bond acceptors (Lipinski definition) is 3. The first-order valence-electron chi connectivity index (χ1n) is 7.56. The van der Waals surface area contributed by atoms with Gasteiger partial charge in [-0.25, -0.2) is 0 Å². The highest BCUT2D eigenvalue weighted by Gasteiger charge is 2.30. The molecule has 2 fully saturated rings. The quantitative estimate of drug-likeness (QED) is 0.819. The molecule has 1 amide bonds. The average molecular weight is 353 g/mol. The van der Waals surface area contributed by atoms with E-state index in [2.05, 4.69) is 46.0 Å². The van der Waals surface area contributed by atoms with Crippen LogP contribution in [0.1, 0.15) is 18.4 Å². The molecule has 0 saturated carbocycles. The van der Waals surface area contributed by atoms with Crippen molar-refractivity contribution in [3.8, 4) is 0 Å². The lowest BCUT2D eigenvalue weighted by Crippen LogP contribution is -2.51. The molecule has 0 radical (unpaired) electrons. The van der Waals surface area contributed by atoms with Gasteiger partial charge in [-0.2, -0.15) is 0 Å². The van der Waals surface area contributed by atoms with Gasteiger partial charge in [0.2, 0.25) is 0 Å². The summed E-state index contributed by atoms with van der Waals surface area (Å²) in [4.78, 5) is 16.7. The van der Waals surface area contributed by atoms with Gasteiger partial charge in [0, 0.05) is 42.9 Å². The van der Waals surface area contributed by atoms with E-state index in [9.17, 15) is 4.79 Å². The van der Waals surface area contributed by atoms with Crippen molar-refractivity contribution in [1.82, 2.24) is 4.90 Å². The van der Waals surface area contributed by atoms with Crippen molar-refractivity contribution in [2.75, 3.05) is 37.7 Å². The Bertz CT molecular complexity index is 521. The van der Waals surface area contributed by atoms with Crippen LogP contribution in [0.25, 0.3) is 0 Å². The Kier molecular flexibility index (Phi) is 4.50. The zero-order chi connectivity index (χ0) is 14.8. The van der Waals surface area contributed by atoms with Crippen LogP contribution in [0.5, 0.6) is 0 Å². The summed E-state index contributed by atoms with van der Waals surface area (Å²) in [5, 5.41) is 0. The largest absolute Gasteiger partial charge is 0.368 e. The third-order valence-corrected chi connectivity index (χ3v) is 4.79. The monoisotopic (exact) mass is 352 g/mol. The number of hydrogen-bond donors (Lipinski definition) is 0. The summed E-state index contributed by atoms with van der Waals surface area (Å²) in [6.07, 6.45) is 1.70. The Balaban J connectivity index is 1.60. The van der Waals surface area contributed by atoms with Gasteiger partial charge < -0.3 is 14.5 Å². The van der Waals surface area contributed by atoms with E-state index in [1.165, 1.54) is 11.3 Å². The van der Waals surface area contributed by atoms with Gasteiger partial charge in [0.25, 0.3) is 5.91 Å². The van der Waals surface area contributed by atoms with Gasteiger partial charge in [0.1, 0.15) is 6.10 Å². The number of nitrogens with zero attached hydrogens (tertiary/aromatic N) is 2. The van der Waals surface area contributed by atoms with E-state index in [1.807, 2.05) is 4.90 Å². The number of carbonyl (C=O) groups excluding carboxylic acids is 1. The molecule has 0 aromatic heterocycles. The average Bonchev–Trinajstić information content (AvgIpc) is 3.01. The van der Waals surface area contributed by atoms with Gasteiger partial charge >= 0.3 is 0 Å². The lowest BCUT2D eigenvalue weighted by atomic mass is 10.1. The van der Waals surface area contributed by atoms with Crippen LogP contribution in [0.3, 0.4) is 0 Å². The summed E-state index contributed by atoms with van der Waals surface area (Å²) in [5.74, 6) is 0.180. The van der Waals surface area contributed by atoms with Crippen molar-refractivity contribution in [2.45, 2.75) is 25.9 Å². The molecule has 1 aromatic carbocycles. The number of ether oxygens (including phenoxy) is 1. The van der Waals surface area contributed by atoms with E-state index in [-0.39, 0.29) is 12.0 Å². The number of rotatable bonds is 2.